The predicted octanol–water partition coefficient (Wildman–Crippen LogP) is 2.26. The maximum absolute atomic E-state index is 5.68. The van der Waals surface area contributed by atoms with Crippen LogP contribution in [0.3, 0.4) is 0 Å². The number of ether oxygens (including phenoxy) is 1. The number of nitrogens with zero attached hydrogens (tertiary/aromatic N) is 1. The van der Waals surface area contributed by atoms with E-state index in [0.29, 0.717) is 18.2 Å². The zero-order valence-electron chi connectivity index (χ0n) is 12.0. The Morgan fingerprint density at radius 1 is 1.41 bits per heavy atom. The van der Waals surface area contributed by atoms with E-state index in [1.807, 2.05) is 0 Å². The van der Waals surface area contributed by atoms with Crippen LogP contribution < -0.4 is 5.32 Å². The molecule has 1 heterocycles. The summed E-state index contributed by atoms with van der Waals surface area (Å²) in [5, 5.41) is 3.59. The molecule has 0 aromatic carbocycles. The van der Waals surface area contributed by atoms with E-state index in [4.69, 9.17) is 4.74 Å². The highest BCUT2D eigenvalue weighted by molar-refractivity contribution is 4.77. The average Bonchev–Trinajstić information content (AvgIpc) is 2.82. The van der Waals surface area contributed by atoms with Crippen LogP contribution in [-0.2, 0) is 4.74 Å². The van der Waals surface area contributed by atoms with E-state index in [1.54, 1.807) is 0 Å². The highest BCUT2D eigenvalue weighted by Crippen LogP contribution is 2.15. The summed E-state index contributed by atoms with van der Waals surface area (Å²) in [7, 11) is 2.22. The molecule has 102 valence electrons. The second-order valence-corrected chi connectivity index (χ2v) is 5.41. The molecule has 1 fully saturated rings. The summed E-state index contributed by atoms with van der Waals surface area (Å²) in [6.07, 6.45) is 5.44. The number of likely N-dealkylation sites (N-methyl/N-ethyl adjacent to an activating group) is 1. The zero-order chi connectivity index (χ0) is 12.7. The molecule has 17 heavy (non-hydrogen) atoms. The molecule has 1 N–H and O–H groups in total. The average molecular weight is 242 g/mol. The second-order valence-electron chi connectivity index (χ2n) is 5.41. The topological polar surface area (TPSA) is 24.5 Å². The second kappa shape index (κ2) is 8.06. The molecule has 0 bridgehead atoms. The monoisotopic (exact) mass is 242 g/mol. The third-order valence-corrected chi connectivity index (χ3v) is 3.91. The maximum atomic E-state index is 5.68. The van der Waals surface area contributed by atoms with Crippen molar-refractivity contribution in [2.45, 2.75) is 64.6 Å². The molecule has 0 spiro atoms. The van der Waals surface area contributed by atoms with Crippen molar-refractivity contribution in [1.29, 1.82) is 0 Å². The summed E-state index contributed by atoms with van der Waals surface area (Å²) in [4.78, 5) is 2.44. The summed E-state index contributed by atoms with van der Waals surface area (Å²) in [5.74, 6) is 0. The summed E-state index contributed by atoms with van der Waals surface area (Å²) in [6.45, 7) is 9.94. The van der Waals surface area contributed by atoms with Gasteiger partial charge in [0.15, 0.2) is 0 Å². The first-order chi connectivity index (χ1) is 8.15. The zero-order valence-corrected chi connectivity index (χ0v) is 12.0. The van der Waals surface area contributed by atoms with E-state index < -0.39 is 0 Å². The molecule has 1 rings (SSSR count). The van der Waals surface area contributed by atoms with Crippen LogP contribution in [0.25, 0.3) is 0 Å². The summed E-state index contributed by atoms with van der Waals surface area (Å²) < 4.78 is 5.68. The van der Waals surface area contributed by atoms with Crippen LogP contribution in [0.1, 0.15) is 46.5 Å². The predicted molar refractivity (Wildman–Crippen MR) is 73.4 cm³/mol. The first-order valence-corrected chi connectivity index (χ1v) is 7.20. The van der Waals surface area contributed by atoms with Gasteiger partial charge in [-0.25, -0.2) is 0 Å². The molecule has 0 aromatic rings. The molecule has 1 aliphatic heterocycles. The Bertz CT molecular complexity index is 193. The van der Waals surface area contributed by atoms with E-state index >= 15 is 0 Å². The largest absolute Gasteiger partial charge is 0.377 e. The minimum atomic E-state index is 0.438. The van der Waals surface area contributed by atoms with Crippen LogP contribution in [0.15, 0.2) is 0 Å². The molecule has 0 radical (unpaired) electrons. The third-order valence-electron chi connectivity index (χ3n) is 3.91. The van der Waals surface area contributed by atoms with E-state index in [2.05, 4.69) is 38.0 Å². The fourth-order valence-corrected chi connectivity index (χ4v) is 2.46. The minimum Gasteiger partial charge on any atom is -0.377 e. The van der Waals surface area contributed by atoms with Crippen molar-refractivity contribution in [1.82, 2.24) is 10.2 Å². The lowest BCUT2D eigenvalue weighted by molar-refractivity contribution is 0.0824. The van der Waals surface area contributed by atoms with E-state index in [0.717, 1.165) is 19.7 Å². The van der Waals surface area contributed by atoms with Crippen molar-refractivity contribution in [2.75, 3.05) is 26.7 Å². The van der Waals surface area contributed by atoms with E-state index in [1.165, 1.54) is 25.7 Å². The van der Waals surface area contributed by atoms with Gasteiger partial charge in [-0.1, -0.05) is 13.3 Å². The van der Waals surface area contributed by atoms with Crippen molar-refractivity contribution >= 4 is 0 Å². The Morgan fingerprint density at radius 2 is 2.18 bits per heavy atom. The van der Waals surface area contributed by atoms with Gasteiger partial charge in [-0.15, -0.1) is 0 Å². The van der Waals surface area contributed by atoms with Crippen molar-refractivity contribution in [3.8, 4) is 0 Å². The minimum absolute atomic E-state index is 0.438. The van der Waals surface area contributed by atoms with Gasteiger partial charge in [-0.2, -0.15) is 0 Å². The lowest BCUT2D eigenvalue weighted by Gasteiger charge is -2.26. The van der Waals surface area contributed by atoms with E-state index in [-0.39, 0.29) is 0 Å². The van der Waals surface area contributed by atoms with Crippen LogP contribution in [0.2, 0.25) is 0 Å². The van der Waals surface area contributed by atoms with Gasteiger partial charge in [0.1, 0.15) is 0 Å². The normalized spacial score (nSPS) is 24.2. The smallest absolute Gasteiger partial charge is 0.0726 e. The van der Waals surface area contributed by atoms with Crippen molar-refractivity contribution in [3.05, 3.63) is 0 Å². The molecule has 0 aliphatic carbocycles. The molecule has 0 amide bonds. The van der Waals surface area contributed by atoms with Gasteiger partial charge < -0.3 is 15.0 Å². The van der Waals surface area contributed by atoms with Gasteiger partial charge in [-0.05, 0) is 40.2 Å². The van der Waals surface area contributed by atoms with Gasteiger partial charge in [0.25, 0.3) is 0 Å². The summed E-state index contributed by atoms with van der Waals surface area (Å²) >= 11 is 0. The molecule has 1 aliphatic rings. The first-order valence-electron chi connectivity index (χ1n) is 7.20. The Kier molecular flexibility index (Phi) is 7.09. The standard InChI is InChI=1S/C14H30N2O/c1-5-7-12(2)16(4)10-9-15-13(3)14-8-6-11-17-14/h12-15H,5-11H2,1-4H3. The van der Waals surface area contributed by atoms with Crippen LogP contribution in [0, 0.1) is 0 Å². The molecule has 3 nitrogen and oxygen atoms in total. The molecule has 3 unspecified atom stereocenters. The number of rotatable bonds is 8. The van der Waals surface area contributed by atoms with Gasteiger partial charge in [-0.3, -0.25) is 0 Å². The lowest BCUT2D eigenvalue weighted by Crippen LogP contribution is -2.42. The Hall–Kier alpha value is -0.120. The Labute approximate surface area is 107 Å². The van der Waals surface area contributed by atoms with Crippen LogP contribution in [0.4, 0.5) is 0 Å². The number of hydrogen-bond donors (Lipinski definition) is 1. The van der Waals surface area contributed by atoms with E-state index in [9.17, 15) is 0 Å². The van der Waals surface area contributed by atoms with Crippen molar-refractivity contribution < 1.29 is 4.74 Å². The Balaban J connectivity index is 2.09. The number of hydrogen-bond acceptors (Lipinski definition) is 3. The Morgan fingerprint density at radius 3 is 2.76 bits per heavy atom. The molecule has 3 heteroatoms. The molecular weight excluding hydrogens is 212 g/mol. The lowest BCUT2D eigenvalue weighted by atomic mass is 10.1. The van der Waals surface area contributed by atoms with Crippen molar-refractivity contribution in [3.63, 3.8) is 0 Å². The van der Waals surface area contributed by atoms with Crippen LogP contribution in [0.5, 0.6) is 0 Å². The highest BCUT2D eigenvalue weighted by Gasteiger charge is 2.21. The molecule has 1 saturated heterocycles. The highest BCUT2D eigenvalue weighted by atomic mass is 16.5. The van der Waals surface area contributed by atoms with Gasteiger partial charge in [0.2, 0.25) is 0 Å². The van der Waals surface area contributed by atoms with Crippen LogP contribution in [-0.4, -0.2) is 49.8 Å². The number of nitrogens with one attached hydrogen (secondary N) is 1. The fourth-order valence-electron chi connectivity index (χ4n) is 2.46. The van der Waals surface area contributed by atoms with Gasteiger partial charge in [0, 0.05) is 31.8 Å². The quantitative estimate of drug-likeness (QED) is 0.706. The SMILES string of the molecule is CCCC(C)N(C)CCNC(C)C1CCCO1. The fraction of sp³-hybridized carbons (Fsp3) is 1.00. The molecule has 0 saturated carbocycles. The van der Waals surface area contributed by atoms with Gasteiger partial charge >= 0.3 is 0 Å². The summed E-state index contributed by atoms with van der Waals surface area (Å²) in [6, 6.07) is 1.19. The van der Waals surface area contributed by atoms with Crippen molar-refractivity contribution in [2.24, 2.45) is 0 Å². The molecule has 0 aromatic heterocycles. The maximum Gasteiger partial charge on any atom is 0.0726 e. The molecule has 3 atom stereocenters. The summed E-state index contributed by atoms with van der Waals surface area (Å²) in [5.41, 5.74) is 0. The van der Waals surface area contributed by atoms with Gasteiger partial charge in [0.05, 0.1) is 6.10 Å². The molecular formula is C14H30N2O. The van der Waals surface area contributed by atoms with Crippen LogP contribution >= 0.6 is 0 Å². The first kappa shape index (κ1) is 14.9. The third kappa shape index (κ3) is 5.36.